The number of hydrogen-bond donors (Lipinski definition) is 1. The number of benzene rings is 1. The van der Waals surface area contributed by atoms with Crippen molar-refractivity contribution in [2.75, 3.05) is 13.2 Å². The molecule has 1 fully saturated rings. The third kappa shape index (κ3) is 4.51. The molecule has 7 heteroatoms. The fourth-order valence-corrected chi connectivity index (χ4v) is 2.92. The van der Waals surface area contributed by atoms with Gasteiger partial charge in [-0.3, -0.25) is 9.59 Å². The summed E-state index contributed by atoms with van der Waals surface area (Å²) in [6.07, 6.45) is 1.49. The largest absolute Gasteiger partial charge is 0.484 e. The Bertz CT molecular complexity index is 530. The molecule has 1 atom stereocenters. The minimum absolute atomic E-state index is 0.0330. The van der Waals surface area contributed by atoms with Crippen molar-refractivity contribution in [3.63, 3.8) is 0 Å². The van der Waals surface area contributed by atoms with E-state index in [0.717, 1.165) is 6.42 Å². The Hall–Kier alpha value is -1.46. The van der Waals surface area contributed by atoms with Crippen molar-refractivity contribution in [3.8, 4) is 5.75 Å². The number of ether oxygens (including phenoxy) is 1. The molecule has 1 saturated heterocycles. The zero-order chi connectivity index (χ0) is 15.4. The topological polar surface area (TPSA) is 66.8 Å². The van der Waals surface area contributed by atoms with Crippen LogP contribution in [-0.4, -0.2) is 41.1 Å². The lowest BCUT2D eigenvalue weighted by atomic mass is 10.1. The van der Waals surface area contributed by atoms with E-state index in [1.54, 1.807) is 23.1 Å². The lowest BCUT2D eigenvalue weighted by molar-refractivity contribution is -0.140. The van der Waals surface area contributed by atoms with Crippen LogP contribution in [0.15, 0.2) is 18.2 Å². The Balaban J connectivity index is 1.93. The monoisotopic (exact) mass is 331 g/mol. The first-order valence-corrected chi connectivity index (χ1v) is 7.31. The molecule has 21 heavy (non-hydrogen) atoms. The number of carbonyl (C=O) groups excluding carboxylic acids is 1. The molecule has 1 N–H and O–H groups in total. The molecule has 0 aliphatic carbocycles. The number of aliphatic carboxylic acids is 1. The predicted octanol–water partition coefficient (Wildman–Crippen LogP) is 2.84. The Morgan fingerprint density at radius 3 is 2.57 bits per heavy atom. The SMILES string of the molecule is O=C(O)CC1CCCN1C(=O)COc1cc(Cl)cc(Cl)c1. The summed E-state index contributed by atoms with van der Waals surface area (Å²) in [7, 11) is 0. The smallest absolute Gasteiger partial charge is 0.305 e. The van der Waals surface area contributed by atoms with Gasteiger partial charge in [-0.1, -0.05) is 23.2 Å². The molecule has 0 radical (unpaired) electrons. The van der Waals surface area contributed by atoms with Gasteiger partial charge < -0.3 is 14.7 Å². The van der Waals surface area contributed by atoms with Crippen molar-refractivity contribution in [3.05, 3.63) is 28.2 Å². The summed E-state index contributed by atoms with van der Waals surface area (Å²) in [5, 5.41) is 9.70. The van der Waals surface area contributed by atoms with Crippen LogP contribution in [0.5, 0.6) is 5.75 Å². The summed E-state index contributed by atoms with van der Waals surface area (Å²) in [5.41, 5.74) is 0. The van der Waals surface area contributed by atoms with E-state index in [1.807, 2.05) is 0 Å². The maximum atomic E-state index is 12.1. The summed E-state index contributed by atoms with van der Waals surface area (Å²) in [5.74, 6) is -0.716. The molecule has 1 aliphatic heterocycles. The highest BCUT2D eigenvalue weighted by Gasteiger charge is 2.30. The fraction of sp³-hybridized carbons (Fsp3) is 0.429. The van der Waals surface area contributed by atoms with Crippen molar-refractivity contribution in [1.29, 1.82) is 0 Å². The van der Waals surface area contributed by atoms with Gasteiger partial charge in [-0.2, -0.15) is 0 Å². The number of carboxylic acid groups (broad SMARTS) is 1. The summed E-state index contributed by atoms with van der Waals surface area (Å²) in [4.78, 5) is 24.5. The second-order valence-corrected chi connectivity index (χ2v) is 5.75. The second kappa shape index (κ2) is 7.00. The average Bonchev–Trinajstić information content (AvgIpc) is 2.82. The molecule has 1 aromatic carbocycles. The van der Waals surface area contributed by atoms with Gasteiger partial charge in [0.15, 0.2) is 6.61 Å². The van der Waals surface area contributed by atoms with Crippen molar-refractivity contribution in [1.82, 2.24) is 4.90 Å². The highest BCUT2D eigenvalue weighted by atomic mass is 35.5. The van der Waals surface area contributed by atoms with Gasteiger partial charge in [0.1, 0.15) is 5.75 Å². The third-order valence-corrected chi connectivity index (χ3v) is 3.74. The lowest BCUT2D eigenvalue weighted by Crippen LogP contribution is -2.39. The second-order valence-electron chi connectivity index (χ2n) is 4.87. The molecule has 0 saturated carbocycles. The molecule has 1 heterocycles. The van der Waals surface area contributed by atoms with E-state index in [0.29, 0.717) is 28.8 Å². The molecular weight excluding hydrogens is 317 g/mol. The van der Waals surface area contributed by atoms with Crippen LogP contribution in [0.2, 0.25) is 10.0 Å². The molecule has 1 aromatic rings. The van der Waals surface area contributed by atoms with E-state index in [2.05, 4.69) is 0 Å². The molecule has 114 valence electrons. The van der Waals surface area contributed by atoms with Crippen molar-refractivity contribution >= 4 is 35.1 Å². The Kier molecular flexibility index (Phi) is 5.31. The number of amides is 1. The number of nitrogens with zero attached hydrogens (tertiary/aromatic N) is 1. The predicted molar refractivity (Wildman–Crippen MR) is 78.9 cm³/mol. The number of carboxylic acids is 1. The minimum atomic E-state index is -0.901. The fourth-order valence-electron chi connectivity index (χ4n) is 2.42. The molecule has 0 spiro atoms. The quantitative estimate of drug-likeness (QED) is 0.900. The van der Waals surface area contributed by atoms with Crippen LogP contribution < -0.4 is 4.74 Å². The van der Waals surface area contributed by atoms with E-state index in [9.17, 15) is 9.59 Å². The maximum absolute atomic E-state index is 12.1. The Morgan fingerprint density at radius 2 is 1.95 bits per heavy atom. The molecule has 1 aliphatic rings. The standard InChI is InChI=1S/C14H15Cl2NO4/c15-9-4-10(16)6-12(5-9)21-8-13(18)17-3-1-2-11(17)7-14(19)20/h4-6,11H,1-3,7-8H2,(H,19,20). The van der Waals surface area contributed by atoms with Gasteiger partial charge >= 0.3 is 5.97 Å². The van der Waals surface area contributed by atoms with Gasteiger partial charge in [-0.25, -0.2) is 0 Å². The van der Waals surface area contributed by atoms with Gasteiger partial charge in [-0.15, -0.1) is 0 Å². The van der Waals surface area contributed by atoms with E-state index in [4.69, 9.17) is 33.0 Å². The molecule has 1 amide bonds. The normalized spacial score (nSPS) is 17.8. The number of hydrogen-bond acceptors (Lipinski definition) is 3. The van der Waals surface area contributed by atoms with Crippen LogP contribution in [0.4, 0.5) is 0 Å². The number of carbonyl (C=O) groups is 2. The summed E-state index contributed by atoms with van der Waals surface area (Å²) >= 11 is 11.7. The van der Waals surface area contributed by atoms with Gasteiger partial charge in [0.05, 0.1) is 6.42 Å². The molecule has 0 aromatic heterocycles. The lowest BCUT2D eigenvalue weighted by Gasteiger charge is -2.23. The third-order valence-electron chi connectivity index (χ3n) is 3.31. The summed E-state index contributed by atoms with van der Waals surface area (Å²) < 4.78 is 5.39. The Labute approximate surface area is 132 Å². The average molecular weight is 332 g/mol. The molecular formula is C14H15Cl2NO4. The van der Waals surface area contributed by atoms with Crippen LogP contribution in [0.25, 0.3) is 0 Å². The van der Waals surface area contributed by atoms with Crippen LogP contribution in [-0.2, 0) is 9.59 Å². The van der Waals surface area contributed by atoms with Gasteiger partial charge in [0.2, 0.25) is 0 Å². The van der Waals surface area contributed by atoms with Crippen molar-refractivity contribution in [2.45, 2.75) is 25.3 Å². The van der Waals surface area contributed by atoms with Crippen LogP contribution in [0, 0.1) is 0 Å². The van der Waals surface area contributed by atoms with E-state index < -0.39 is 5.97 Å². The van der Waals surface area contributed by atoms with E-state index >= 15 is 0 Å². The molecule has 2 rings (SSSR count). The van der Waals surface area contributed by atoms with Crippen LogP contribution in [0.1, 0.15) is 19.3 Å². The zero-order valence-corrected chi connectivity index (χ0v) is 12.7. The first kappa shape index (κ1) is 15.9. The van der Waals surface area contributed by atoms with Gasteiger partial charge in [0, 0.05) is 22.6 Å². The zero-order valence-electron chi connectivity index (χ0n) is 11.2. The molecule has 5 nitrogen and oxygen atoms in total. The maximum Gasteiger partial charge on any atom is 0.305 e. The highest BCUT2D eigenvalue weighted by Crippen LogP contribution is 2.25. The van der Waals surface area contributed by atoms with Crippen molar-refractivity contribution in [2.24, 2.45) is 0 Å². The minimum Gasteiger partial charge on any atom is -0.484 e. The Morgan fingerprint density at radius 1 is 1.29 bits per heavy atom. The highest BCUT2D eigenvalue weighted by molar-refractivity contribution is 6.34. The first-order valence-electron chi connectivity index (χ1n) is 6.56. The molecule has 1 unspecified atom stereocenters. The summed E-state index contributed by atoms with van der Waals surface area (Å²) in [6.45, 7) is 0.406. The van der Waals surface area contributed by atoms with Crippen molar-refractivity contribution < 1.29 is 19.4 Å². The number of rotatable bonds is 5. The summed E-state index contributed by atoms with van der Waals surface area (Å²) in [6, 6.07) is 4.46. The van der Waals surface area contributed by atoms with Crippen LogP contribution in [0.3, 0.4) is 0 Å². The van der Waals surface area contributed by atoms with Gasteiger partial charge in [0.25, 0.3) is 5.91 Å². The van der Waals surface area contributed by atoms with Gasteiger partial charge in [-0.05, 0) is 31.0 Å². The first-order chi connectivity index (χ1) is 9.95. The van der Waals surface area contributed by atoms with E-state index in [-0.39, 0.29) is 25.0 Å². The molecule has 0 bridgehead atoms. The number of halogens is 2. The van der Waals surface area contributed by atoms with Crippen LogP contribution >= 0.6 is 23.2 Å². The number of likely N-dealkylation sites (tertiary alicyclic amines) is 1. The van der Waals surface area contributed by atoms with E-state index in [1.165, 1.54) is 0 Å².